The van der Waals surface area contributed by atoms with Crippen LogP contribution in [0, 0.1) is 11.8 Å². The van der Waals surface area contributed by atoms with E-state index in [9.17, 15) is 19.5 Å². The van der Waals surface area contributed by atoms with Gasteiger partial charge in [-0.05, 0) is 46.1 Å². The van der Waals surface area contributed by atoms with E-state index >= 15 is 0 Å². The largest absolute Gasteiger partial charge is 0.466 e. The van der Waals surface area contributed by atoms with Crippen molar-refractivity contribution in [1.82, 2.24) is 10.2 Å². The Morgan fingerprint density at radius 2 is 2.00 bits per heavy atom. The van der Waals surface area contributed by atoms with Gasteiger partial charge >= 0.3 is 5.97 Å². The van der Waals surface area contributed by atoms with E-state index in [1.54, 1.807) is 6.92 Å². The number of esters is 1. The Hall–Kier alpha value is -2.45. The minimum absolute atomic E-state index is 0.205. The molecule has 3 aliphatic rings. The number of nitrogens with zero attached hydrogens (tertiary/aromatic N) is 1. The lowest BCUT2D eigenvalue weighted by atomic mass is 9.70. The van der Waals surface area contributed by atoms with Gasteiger partial charge in [-0.3, -0.25) is 14.4 Å². The second-order valence-electron chi connectivity index (χ2n) is 9.90. The van der Waals surface area contributed by atoms with Gasteiger partial charge in [0.1, 0.15) is 11.6 Å². The molecule has 0 unspecified atom stereocenters. The molecule has 2 N–H and O–H groups in total. The highest BCUT2D eigenvalue weighted by molar-refractivity contribution is 5.98. The molecule has 1 spiro atoms. The molecule has 1 aromatic rings. The third-order valence-electron chi connectivity index (χ3n) is 6.74. The third kappa shape index (κ3) is 3.49. The molecule has 0 aromatic heterocycles. The molecule has 174 valence electrons. The fourth-order valence-electron chi connectivity index (χ4n) is 5.70. The van der Waals surface area contributed by atoms with Crippen LogP contribution in [-0.4, -0.2) is 64.3 Å². The maximum absolute atomic E-state index is 13.9. The molecule has 3 fully saturated rings. The summed E-state index contributed by atoms with van der Waals surface area (Å²) in [6.45, 7) is 7.19. The lowest BCUT2D eigenvalue weighted by Gasteiger charge is -2.38. The highest BCUT2D eigenvalue weighted by atomic mass is 16.6. The van der Waals surface area contributed by atoms with Gasteiger partial charge in [0.15, 0.2) is 0 Å². The van der Waals surface area contributed by atoms with Crippen LogP contribution in [0.15, 0.2) is 30.3 Å². The van der Waals surface area contributed by atoms with Crippen LogP contribution in [-0.2, 0) is 23.9 Å². The summed E-state index contributed by atoms with van der Waals surface area (Å²) in [6.07, 6.45) is 0.630. The van der Waals surface area contributed by atoms with E-state index in [1.165, 1.54) is 4.90 Å². The second-order valence-corrected chi connectivity index (χ2v) is 9.90. The molecule has 4 rings (SSSR count). The Morgan fingerprint density at radius 1 is 1.31 bits per heavy atom. The topological polar surface area (TPSA) is 105 Å². The molecule has 2 amide bonds. The summed E-state index contributed by atoms with van der Waals surface area (Å²) in [7, 11) is 0. The molecule has 0 aliphatic carbocycles. The Morgan fingerprint density at radius 3 is 2.59 bits per heavy atom. The van der Waals surface area contributed by atoms with Gasteiger partial charge in [-0.25, -0.2) is 0 Å². The lowest BCUT2D eigenvalue weighted by Crippen LogP contribution is -2.59. The summed E-state index contributed by atoms with van der Waals surface area (Å²) in [6, 6.07) is 7.45. The van der Waals surface area contributed by atoms with Gasteiger partial charge in [0, 0.05) is 5.54 Å². The highest BCUT2D eigenvalue weighted by Gasteiger charge is 2.75. The van der Waals surface area contributed by atoms with Gasteiger partial charge in [-0.2, -0.15) is 0 Å². The summed E-state index contributed by atoms with van der Waals surface area (Å²) in [5.41, 5.74) is -0.925. The van der Waals surface area contributed by atoms with E-state index < -0.39 is 47.1 Å². The van der Waals surface area contributed by atoms with Crippen LogP contribution < -0.4 is 5.32 Å². The maximum atomic E-state index is 13.9. The predicted molar refractivity (Wildman–Crippen MR) is 115 cm³/mol. The molecule has 32 heavy (non-hydrogen) atoms. The van der Waals surface area contributed by atoms with Gasteiger partial charge < -0.3 is 24.8 Å². The summed E-state index contributed by atoms with van der Waals surface area (Å²) in [5.74, 6) is -2.71. The van der Waals surface area contributed by atoms with Crippen molar-refractivity contribution < 1.29 is 29.0 Å². The van der Waals surface area contributed by atoms with E-state index in [2.05, 4.69) is 5.32 Å². The number of aliphatic hydroxyl groups excluding tert-OH is 1. The second kappa shape index (κ2) is 8.15. The van der Waals surface area contributed by atoms with Crippen molar-refractivity contribution >= 4 is 17.8 Å². The summed E-state index contributed by atoms with van der Waals surface area (Å²) < 4.78 is 11.6. The molecular formula is C24H32N2O6. The minimum Gasteiger partial charge on any atom is -0.466 e. The van der Waals surface area contributed by atoms with E-state index in [1.807, 2.05) is 51.1 Å². The summed E-state index contributed by atoms with van der Waals surface area (Å²) in [4.78, 5) is 41.8. The monoisotopic (exact) mass is 444 g/mol. The Labute approximate surface area is 188 Å². The number of hydrogen-bond donors (Lipinski definition) is 2. The minimum atomic E-state index is -1.11. The molecule has 3 heterocycles. The number of ether oxygens (including phenoxy) is 2. The van der Waals surface area contributed by atoms with Crippen LogP contribution in [0.5, 0.6) is 0 Å². The van der Waals surface area contributed by atoms with Crippen molar-refractivity contribution in [3.63, 3.8) is 0 Å². The number of benzene rings is 1. The normalized spacial score (nSPS) is 32.0. The number of amides is 2. The van der Waals surface area contributed by atoms with Gasteiger partial charge in [-0.1, -0.05) is 30.3 Å². The number of fused-ring (bicyclic) bond motifs is 1. The maximum Gasteiger partial charge on any atom is 0.312 e. The third-order valence-corrected chi connectivity index (χ3v) is 6.74. The summed E-state index contributed by atoms with van der Waals surface area (Å²) >= 11 is 0. The van der Waals surface area contributed by atoms with Crippen LogP contribution in [0.1, 0.15) is 52.1 Å². The number of aliphatic hydroxyl groups is 1. The Bertz CT molecular complexity index is 898. The fraction of sp³-hybridized carbons (Fsp3) is 0.625. The molecule has 0 radical (unpaired) electrons. The van der Waals surface area contributed by atoms with E-state index in [4.69, 9.17) is 9.47 Å². The molecule has 1 aromatic carbocycles. The molecule has 8 heteroatoms. The van der Waals surface area contributed by atoms with Crippen LogP contribution in [0.2, 0.25) is 0 Å². The first kappa shape index (κ1) is 22.7. The van der Waals surface area contributed by atoms with Crippen molar-refractivity contribution in [3.8, 4) is 0 Å². The van der Waals surface area contributed by atoms with Crippen LogP contribution in [0.3, 0.4) is 0 Å². The number of nitrogens with one attached hydrogen (secondary N) is 1. The molecule has 8 nitrogen and oxygen atoms in total. The van der Waals surface area contributed by atoms with Crippen molar-refractivity contribution in [2.45, 2.75) is 69.9 Å². The fourth-order valence-corrected chi connectivity index (χ4v) is 5.70. The SMILES string of the molecule is CCOC(=O)[C@@H]1[C@@H]2CC[C@]3(O2)[C@H](C(=O)NC(C)(C)C)N([C@H](CO)c2ccccc2)C(=O)[C@@H]13. The van der Waals surface area contributed by atoms with Gasteiger partial charge in [-0.15, -0.1) is 0 Å². The van der Waals surface area contributed by atoms with E-state index in [0.717, 1.165) is 5.56 Å². The smallest absolute Gasteiger partial charge is 0.312 e. The van der Waals surface area contributed by atoms with Gasteiger partial charge in [0.2, 0.25) is 11.8 Å². The zero-order valence-electron chi connectivity index (χ0n) is 19.0. The standard InChI is InChI=1S/C24H32N2O6/c1-5-31-22(30)17-16-11-12-24(32-16)18(17)21(29)26(19(24)20(28)25-23(2,3)4)15(13-27)14-9-7-6-8-10-14/h6-10,15-19,27H,5,11-13H2,1-4H3,(H,25,28)/t15-,16+,17-,18-,19+,24-/m1/s1. The Kier molecular flexibility index (Phi) is 5.79. The number of carbonyl (C=O) groups is 3. The molecule has 6 atom stereocenters. The Balaban J connectivity index is 1.81. The molecule has 2 bridgehead atoms. The van der Waals surface area contributed by atoms with Crippen molar-refractivity contribution in [2.24, 2.45) is 11.8 Å². The zero-order chi connectivity index (χ0) is 23.3. The lowest BCUT2D eigenvalue weighted by molar-refractivity contribution is -0.155. The predicted octanol–water partition coefficient (Wildman–Crippen LogP) is 1.57. The van der Waals surface area contributed by atoms with Crippen molar-refractivity contribution in [3.05, 3.63) is 35.9 Å². The van der Waals surface area contributed by atoms with Crippen molar-refractivity contribution in [1.29, 1.82) is 0 Å². The average molecular weight is 445 g/mol. The van der Waals surface area contributed by atoms with E-state index in [0.29, 0.717) is 12.8 Å². The zero-order valence-corrected chi connectivity index (χ0v) is 19.0. The molecule has 3 saturated heterocycles. The van der Waals surface area contributed by atoms with Crippen molar-refractivity contribution in [2.75, 3.05) is 13.2 Å². The summed E-state index contributed by atoms with van der Waals surface area (Å²) in [5, 5.41) is 13.3. The first-order valence-electron chi connectivity index (χ1n) is 11.3. The number of likely N-dealkylation sites (tertiary alicyclic amines) is 1. The highest BCUT2D eigenvalue weighted by Crippen LogP contribution is 2.59. The van der Waals surface area contributed by atoms with E-state index in [-0.39, 0.29) is 25.0 Å². The first-order chi connectivity index (χ1) is 15.1. The average Bonchev–Trinajstić information content (AvgIpc) is 3.36. The van der Waals surface area contributed by atoms with Crippen LogP contribution in [0.25, 0.3) is 0 Å². The van der Waals surface area contributed by atoms with Gasteiger partial charge in [0.25, 0.3) is 0 Å². The van der Waals surface area contributed by atoms with Gasteiger partial charge in [0.05, 0.1) is 37.2 Å². The quantitative estimate of drug-likeness (QED) is 0.646. The number of hydrogen-bond acceptors (Lipinski definition) is 6. The molecule has 3 aliphatic heterocycles. The molecular weight excluding hydrogens is 412 g/mol. The first-order valence-corrected chi connectivity index (χ1v) is 11.3. The number of carbonyl (C=O) groups excluding carboxylic acids is 3. The number of rotatable bonds is 6. The van der Waals surface area contributed by atoms with Crippen LogP contribution >= 0.6 is 0 Å². The van der Waals surface area contributed by atoms with Crippen LogP contribution in [0.4, 0.5) is 0 Å². The molecule has 0 saturated carbocycles.